The number of carbonyl (C=O) groups excluding carboxylic acids is 2. The third-order valence-corrected chi connectivity index (χ3v) is 7.47. The lowest BCUT2D eigenvalue weighted by molar-refractivity contribution is -0.158. The lowest BCUT2D eigenvalue weighted by Crippen LogP contribution is -2.59. The van der Waals surface area contributed by atoms with Crippen LogP contribution in [0.3, 0.4) is 0 Å². The number of hydrogen-bond donors (Lipinski definition) is 3. The summed E-state index contributed by atoms with van der Waals surface area (Å²) in [6, 6.07) is 16.2. The molecule has 7 nitrogen and oxygen atoms in total. The number of nitrogens with one attached hydrogen (secondary N) is 2. The van der Waals surface area contributed by atoms with E-state index < -0.39 is 23.5 Å². The van der Waals surface area contributed by atoms with Gasteiger partial charge in [-0.05, 0) is 76.6 Å². The van der Waals surface area contributed by atoms with E-state index in [4.69, 9.17) is 0 Å². The molecule has 36 heavy (non-hydrogen) atoms. The summed E-state index contributed by atoms with van der Waals surface area (Å²) in [5.41, 5.74) is 1.26. The van der Waals surface area contributed by atoms with Gasteiger partial charge in [0.15, 0.2) is 0 Å². The summed E-state index contributed by atoms with van der Waals surface area (Å²) in [7, 11) is 0. The van der Waals surface area contributed by atoms with Gasteiger partial charge in [-0.1, -0.05) is 42.5 Å². The van der Waals surface area contributed by atoms with Gasteiger partial charge in [-0.15, -0.1) is 0 Å². The van der Waals surface area contributed by atoms with Gasteiger partial charge in [0.1, 0.15) is 6.04 Å². The van der Waals surface area contributed by atoms with Gasteiger partial charge in [-0.3, -0.25) is 14.4 Å². The second-order valence-electron chi connectivity index (χ2n) is 11.4. The second-order valence-corrected chi connectivity index (χ2v) is 11.4. The fourth-order valence-electron chi connectivity index (χ4n) is 5.75. The van der Waals surface area contributed by atoms with Crippen LogP contribution in [-0.4, -0.2) is 58.0 Å². The molecule has 1 heterocycles. The highest BCUT2D eigenvalue weighted by molar-refractivity contribution is 5.99. The number of carboxylic acids is 1. The molecule has 0 spiro atoms. The highest BCUT2D eigenvalue weighted by Gasteiger charge is 2.52. The van der Waals surface area contributed by atoms with Crippen LogP contribution in [-0.2, 0) is 9.59 Å². The van der Waals surface area contributed by atoms with Crippen LogP contribution in [0.1, 0.15) is 63.7 Å². The zero-order chi connectivity index (χ0) is 26.1. The third kappa shape index (κ3) is 5.46. The van der Waals surface area contributed by atoms with Crippen molar-refractivity contribution in [3.63, 3.8) is 0 Å². The molecule has 2 aromatic rings. The van der Waals surface area contributed by atoms with Crippen LogP contribution < -0.4 is 10.6 Å². The van der Waals surface area contributed by atoms with E-state index in [9.17, 15) is 19.5 Å². The zero-order valence-electron chi connectivity index (χ0n) is 21.6. The molecule has 2 amide bonds. The van der Waals surface area contributed by atoms with Crippen molar-refractivity contribution in [1.82, 2.24) is 15.5 Å². The predicted octanol–water partition coefficient (Wildman–Crippen LogP) is 4.08. The lowest BCUT2D eigenvalue weighted by atomic mass is 9.68. The first-order valence-corrected chi connectivity index (χ1v) is 12.8. The number of likely N-dealkylation sites (tertiary alicyclic amines) is 1. The van der Waals surface area contributed by atoms with E-state index in [-0.39, 0.29) is 23.4 Å². The molecule has 1 saturated carbocycles. The number of benzene rings is 2. The number of rotatable bonds is 6. The minimum Gasteiger partial charge on any atom is -0.481 e. The Morgan fingerprint density at radius 2 is 1.69 bits per heavy atom. The van der Waals surface area contributed by atoms with E-state index in [1.165, 1.54) is 0 Å². The molecule has 4 rings (SSSR count). The summed E-state index contributed by atoms with van der Waals surface area (Å²) >= 11 is 0. The Bertz CT molecular complexity index is 1130. The Hall–Kier alpha value is -3.19. The zero-order valence-corrected chi connectivity index (χ0v) is 21.6. The fraction of sp³-hybridized carbons (Fsp3) is 0.483. The molecule has 2 aromatic carbocycles. The van der Waals surface area contributed by atoms with E-state index in [1.54, 1.807) is 17.9 Å². The normalized spacial score (nSPS) is 26.6. The summed E-state index contributed by atoms with van der Waals surface area (Å²) < 4.78 is 0. The van der Waals surface area contributed by atoms with Crippen molar-refractivity contribution in [1.29, 1.82) is 0 Å². The van der Waals surface area contributed by atoms with Gasteiger partial charge in [-0.25, -0.2) is 0 Å². The van der Waals surface area contributed by atoms with Crippen LogP contribution in [0, 0.1) is 5.41 Å². The molecule has 0 aromatic heterocycles. The molecule has 1 unspecified atom stereocenters. The van der Waals surface area contributed by atoms with Crippen molar-refractivity contribution in [3.8, 4) is 11.1 Å². The van der Waals surface area contributed by atoms with Gasteiger partial charge in [0.05, 0.1) is 5.41 Å². The minimum atomic E-state index is -1.06. The van der Waals surface area contributed by atoms with Crippen molar-refractivity contribution < 1.29 is 19.5 Å². The predicted molar refractivity (Wildman–Crippen MR) is 140 cm³/mol. The highest BCUT2D eigenvalue weighted by Crippen LogP contribution is 2.41. The standard InChI is InChI=1S/C29H37N3O4/c1-28(2,3)31-22-13-14-24(29(4,18-22)27(35)36)32-16-15-23(26(32)34)30-25(33)21-12-8-11-20(17-21)19-9-6-5-7-10-19/h5-12,17,22-24,31H,13-16,18H2,1-4H3,(H,30,33)(H,35,36)/t22-,23?,24+,29-/m1/s1. The SMILES string of the molecule is CC(C)(C)N[C@@H]1CC[C@H](N2CCC(NC(=O)c3cccc(-c4ccccc4)c3)C2=O)[C@](C)(C(=O)O)C1. The van der Waals surface area contributed by atoms with Crippen molar-refractivity contribution in [3.05, 3.63) is 60.2 Å². The Morgan fingerprint density at radius 3 is 2.36 bits per heavy atom. The largest absolute Gasteiger partial charge is 0.481 e. The number of hydrogen-bond acceptors (Lipinski definition) is 4. The van der Waals surface area contributed by atoms with E-state index in [2.05, 4.69) is 31.4 Å². The topological polar surface area (TPSA) is 98.7 Å². The first-order chi connectivity index (χ1) is 17.0. The lowest BCUT2D eigenvalue weighted by Gasteiger charge is -2.47. The van der Waals surface area contributed by atoms with E-state index in [1.807, 2.05) is 48.5 Å². The molecule has 7 heteroatoms. The summed E-state index contributed by atoms with van der Waals surface area (Å²) in [4.78, 5) is 40.5. The molecule has 1 saturated heterocycles. The van der Waals surface area contributed by atoms with Crippen LogP contribution in [0.25, 0.3) is 11.1 Å². The van der Waals surface area contributed by atoms with E-state index in [0.29, 0.717) is 31.4 Å². The maximum atomic E-state index is 13.4. The van der Waals surface area contributed by atoms with Crippen molar-refractivity contribution >= 4 is 17.8 Å². The monoisotopic (exact) mass is 491 g/mol. The average molecular weight is 492 g/mol. The first-order valence-electron chi connectivity index (χ1n) is 12.8. The number of amides is 2. The van der Waals surface area contributed by atoms with Gasteiger partial charge in [0.2, 0.25) is 5.91 Å². The van der Waals surface area contributed by atoms with Gasteiger partial charge in [-0.2, -0.15) is 0 Å². The molecule has 1 aliphatic heterocycles. The molecule has 2 fully saturated rings. The maximum Gasteiger partial charge on any atom is 0.311 e. The molecule has 1 aliphatic carbocycles. The van der Waals surface area contributed by atoms with Gasteiger partial charge >= 0.3 is 5.97 Å². The Kier molecular flexibility index (Phi) is 7.23. The Labute approximate surface area is 213 Å². The van der Waals surface area contributed by atoms with E-state index in [0.717, 1.165) is 17.5 Å². The van der Waals surface area contributed by atoms with Crippen LogP contribution in [0.15, 0.2) is 54.6 Å². The van der Waals surface area contributed by atoms with Crippen LogP contribution in [0.5, 0.6) is 0 Å². The van der Waals surface area contributed by atoms with Crippen LogP contribution >= 0.6 is 0 Å². The third-order valence-electron chi connectivity index (χ3n) is 7.47. The van der Waals surface area contributed by atoms with E-state index >= 15 is 0 Å². The first kappa shape index (κ1) is 25.9. The summed E-state index contributed by atoms with van der Waals surface area (Å²) in [6.45, 7) is 8.42. The summed E-state index contributed by atoms with van der Waals surface area (Å²) in [5, 5.41) is 16.6. The number of carboxylic acid groups (broad SMARTS) is 1. The van der Waals surface area contributed by atoms with Crippen molar-refractivity contribution in [2.45, 2.75) is 77.0 Å². The average Bonchev–Trinajstić information content (AvgIpc) is 3.18. The molecular formula is C29H37N3O4. The molecule has 4 atom stereocenters. The smallest absolute Gasteiger partial charge is 0.311 e. The Balaban J connectivity index is 1.45. The van der Waals surface area contributed by atoms with Crippen molar-refractivity contribution in [2.24, 2.45) is 5.41 Å². The summed E-state index contributed by atoms with van der Waals surface area (Å²) in [5.74, 6) is -1.37. The van der Waals surface area contributed by atoms with Gasteiger partial charge in [0, 0.05) is 29.7 Å². The number of aliphatic carboxylic acids is 1. The van der Waals surface area contributed by atoms with Gasteiger partial charge in [0.25, 0.3) is 5.91 Å². The maximum absolute atomic E-state index is 13.4. The minimum absolute atomic E-state index is 0.0763. The molecule has 3 N–H and O–H groups in total. The molecule has 192 valence electrons. The molecular weight excluding hydrogens is 454 g/mol. The molecule has 0 bridgehead atoms. The number of carbonyl (C=O) groups is 3. The fourth-order valence-corrected chi connectivity index (χ4v) is 5.75. The Morgan fingerprint density at radius 1 is 1.00 bits per heavy atom. The quantitative estimate of drug-likeness (QED) is 0.566. The van der Waals surface area contributed by atoms with Gasteiger partial charge < -0.3 is 20.6 Å². The second kappa shape index (κ2) is 10.1. The molecule has 0 radical (unpaired) electrons. The number of nitrogens with zero attached hydrogens (tertiary/aromatic N) is 1. The summed E-state index contributed by atoms with van der Waals surface area (Å²) in [6.07, 6.45) is 2.34. The van der Waals surface area contributed by atoms with Crippen LogP contribution in [0.2, 0.25) is 0 Å². The highest BCUT2D eigenvalue weighted by atomic mass is 16.4. The molecule has 2 aliphatic rings. The van der Waals surface area contributed by atoms with Crippen molar-refractivity contribution in [2.75, 3.05) is 6.54 Å². The van der Waals surface area contributed by atoms with Crippen LogP contribution in [0.4, 0.5) is 0 Å².